The SMILES string of the molecule is Cc1ccc2c(N3CC[C@@H](CNC(=O)C4CC4)C3)nc(-c3ccccc3O)nc2c1. The smallest absolute Gasteiger partial charge is 0.223 e. The summed E-state index contributed by atoms with van der Waals surface area (Å²) in [5.74, 6) is 2.48. The summed E-state index contributed by atoms with van der Waals surface area (Å²) in [5, 5.41) is 14.5. The van der Waals surface area contributed by atoms with E-state index >= 15 is 0 Å². The number of carbonyl (C=O) groups excluding carboxylic acids is 1. The number of aromatic nitrogens is 2. The Morgan fingerprint density at radius 3 is 2.80 bits per heavy atom. The molecule has 0 radical (unpaired) electrons. The number of hydrogen-bond acceptors (Lipinski definition) is 5. The average Bonchev–Trinajstić information content (AvgIpc) is 3.49. The number of carbonyl (C=O) groups is 1. The summed E-state index contributed by atoms with van der Waals surface area (Å²) in [5.41, 5.74) is 2.65. The summed E-state index contributed by atoms with van der Waals surface area (Å²) in [4.78, 5) is 23.9. The molecule has 2 fully saturated rings. The number of rotatable bonds is 5. The Morgan fingerprint density at radius 1 is 1.17 bits per heavy atom. The number of fused-ring (bicyclic) bond motifs is 1. The molecule has 1 saturated carbocycles. The zero-order chi connectivity index (χ0) is 20.7. The van der Waals surface area contributed by atoms with E-state index in [0.29, 0.717) is 17.3 Å². The van der Waals surface area contributed by atoms with Crippen molar-refractivity contribution >= 4 is 22.6 Å². The van der Waals surface area contributed by atoms with Gasteiger partial charge in [-0.25, -0.2) is 9.97 Å². The van der Waals surface area contributed by atoms with Crippen LogP contribution in [0.1, 0.15) is 24.8 Å². The first-order valence-electron chi connectivity index (χ1n) is 10.7. The molecule has 0 unspecified atom stereocenters. The lowest BCUT2D eigenvalue weighted by Gasteiger charge is -2.21. The number of amides is 1. The quantitative estimate of drug-likeness (QED) is 0.681. The van der Waals surface area contributed by atoms with Crippen molar-refractivity contribution in [1.82, 2.24) is 15.3 Å². The number of anilines is 1. The number of para-hydroxylation sites is 1. The number of benzene rings is 2. The highest BCUT2D eigenvalue weighted by molar-refractivity contribution is 5.92. The maximum absolute atomic E-state index is 12.0. The fraction of sp³-hybridized carbons (Fsp3) is 0.375. The van der Waals surface area contributed by atoms with Crippen LogP contribution in [0.3, 0.4) is 0 Å². The van der Waals surface area contributed by atoms with Crippen LogP contribution >= 0.6 is 0 Å². The van der Waals surface area contributed by atoms with Crippen LogP contribution in [0.4, 0.5) is 5.82 Å². The van der Waals surface area contributed by atoms with E-state index in [1.54, 1.807) is 12.1 Å². The van der Waals surface area contributed by atoms with Crippen LogP contribution < -0.4 is 10.2 Å². The highest BCUT2D eigenvalue weighted by atomic mass is 16.3. The summed E-state index contributed by atoms with van der Waals surface area (Å²) < 4.78 is 0. The van der Waals surface area contributed by atoms with Gasteiger partial charge in [0.15, 0.2) is 5.82 Å². The van der Waals surface area contributed by atoms with E-state index in [1.807, 2.05) is 12.1 Å². The van der Waals surface area contributed by atoms with Crippen LogP contribution in [0, 0.1) is 18.8 Å². The molecule has 2 aliphatic rings. The van der Waals surface area contributed by atoms with Gasteiger partial charge in [-0.05, 0) is 61.9 Å². The monoisotopic (exact) mass is 402 g/mol. The maximum Gasteiger partial charge on any atom is 0.223 e. The molecule has 2 N–H and O–H groups in total. The summed E-state index contributed by atoms with van der Waals surface area (Å²) in [6, 6.07) is 13.4. The largest absolute Gasteiger partial charge is 0.507 e. The first-order chi connectivity index (χ1) is 14.6. The molecule has 0 bridgehead atoms. The molecule has 1 aliphatic carbocycles. The summed E-state index contributed by atoms with van der Waals surface area (Å²) >= 11 is 0. The fourth-order valence-electron chi connectivity index (χ4n) is 4.17. The molecule has 154 valence electrons. The number of aromatic hydroxyl groups is 1. The van der Waals surface area contributed by atoms with Crippen LogP contribution in [0.5, 0.6) is 5.75 Å². The Kier molecular flexibility index (Phi) is 4.77. The first-order valence-corrected chi connectivity index (χ1v) is 10.7. The molecule has 30 heavy (non-hydrogen) atoms. The first kappa shape index (κ1) is 18.9. The van der Waals surface area contributed by atoms with Crippen molar-refractivity contribution in [3.05, 3.63) is 48.0 Å². The summed E-state index contributed by atoms with van der Waals surface area (Å²) in [6.45, 7) is 4.52. The van der Waals surface area contributed by atoms with Crippen molar-refractivity contribution in [2.45, 2.75) is 26.2 Å². The minimum atomic E-state index is 0.178. The van der Waals surface area contributed by atoms with E-state index in [4.69, 9.17) is 9.97 Å². The molecule has 1 amide bonds. The van der Waals surface area contributed by atoms with Gasteiger partial charge in [-0.1, -0.05) is 18.2 Å². The third-order valence-corrected chi connectivity index (χ3v) is 6.08. The second-order valence-corrected chi connectivity index (χ2v) is 8.53. The summed E-state index contributed by atoms with van der Waals surface area (Å²) in [6.07, 6.45) is 3.09. The van der Waals surface area contributed by atoms with E-state index < -0.39 is 0 Å². The molecule has 6 nitrogen and oxygen atoms in total. The van der Waals surface area contributed by atoms with Crippen LogP contribution in [-0.4, -0.2) is 40.6 Å². The molecule has 2 heterocycles. The van der Waals surface area contributed by atoms with Gasteiger partial charge in [-0.2, -0.15) is 0 Å². The predicted molar refractivity (Wildman–Crippen MR) is 117 cm³/mol. The van der Waals surface area contributed by atoms with Gasteiger partial charge in [0, 0.05) is 30.9 Å². The molecule has 5 rings (SSSR count). The van der Waals surface area contributed by atoms with E-state index in [1.165, 1.54) is 0 Å². The maximum atomic E-state index is 12.0. The molecule has 6 heteroatoms. The minimum absolute atomic E-state index is 0.178. The van der Waals surface area contributed by atoms with E-state index in [0.717, 1.165) is 61.2 Å². The van der Waals surface area contributed by atoms with E-state index in [2.05, 4.69) is 35.3 Å². The molecule has 2 aromatic carbocycles. The van der Waals surface area contributed by atoms with Crippen LogP contribution in [0.2, 0.25) is 0 Å². The number of phenols is 1. The predicted octanol–water partition coefficient (Wildman–Crippen LogP) is 3.66. The molecule has 1 aliphatic heterocycles. The number of hydrogen-bond donors (Lipinski definition) is 2. The van der Waals surface area contributed by atoms with Crippen LogP contribution in [0.15, 0.2) is 42.5 Å². The molecular formula is C24H26N4O2. The molecule has 1 aromatic heterocycles. The van der Waals surface area contributed by atoms with Gasteiger partial charge < -0.3 is 15.3 Å². The van der Waals surface area contributed by atoms with Crippen molar-refractivity contribution in [3.8, 4) is 17.1 Å². The third-order valence-electron chi connectivity index (χ3n) is 6.08. The molecule has 1 atom stereocenters. The standard InChI is InChI=1S/C24H26N4O2/c1-15-6-9-18-20(12-15)26-22(19-4-2-3-5-21(19)29)27-23(18)28-11-10-16(14-28)13-25-24(30)17-7-8-17/h2-6,9,12,16-17,29H,7-8,10-11,13-14H2,1H3,(H,25,30)/t16-/m0/s1. The zero-order valence-corrected chi connectivity index (χ0v) is 17.1. The molecule has 1 saturated heterocycles. The van der Waals surface area contributed by atoms with Crippen LogP contribution in [0.25, 0.3) is 22.3 Å². The Hall–Kier alpha value is -3.15. The van der Waals surface area contributed by atoms with Crippen molar-refractivity contribution in [2.75, 3.05) is 24.5 Å². The molecule has 0 spiro atoms. The molecule has 3 aromatic rings. The number of nitrogens with one attached hydrogen (secondary N) is 1. The van der Waals surface area contributed by atoms with Crippen molar-refractivity contribution in [1.29, 1.82) is 0 Å². The van der Waals surface area contributed by atoms with Crippen LogP contribution in [-0.2, 0) is 4.79 Å². The number of phenolic OH excluding ortho intramolecular Hbond substituents is 1. The van der Waals surface area contributed by atoms with Gasteiger partial charge in [0.25, 0.3) is 0 Å². The third kappa shape index (κ3) is 3.70. The summed E-state index contributed by atoms with van der Waals surface area (Å²) in [7, 11) is 0. The van der Waals surface area contributed by atoms with Gasteiger partial charge >= 0.3 is 0 Å². The lowest BCUT2D eigenvalue weighted by molar-refractivity contribution is -0.122. The average molecular weight is 402 g/mol. The molecular weight excluding hydrogens is 376 g/mol. The fourth-order valence-corrected chi connectivity index (χ4v) is 4.17. The Morgan fingerprint density at radius 2 is 2.00 bits per heavy atom. The van der Waals surface area contributed by atoms with E-state index in [-0.39, 0.29) is 17.6 Å². The normalized spacial score (nSPS) is 18.7. The van der Waals surface area contributed by atoms with Crippen molar-refractivity contribution < 1.29 is 9.90 Å². The topological polar surface area (TPSA) is 78.4 Å². The second-order valence-electron chi connectivity index (χ2n) is 8.53. The van der Waals surface area contributed by atoms with E-state index in [9.17, 15) is 9.90 Å². The van der Waals surface area contributed by atoms with Gasteiger partial charge in [0.05, 0.1) is 11.1 Å². The minimum Gasteiger partial charge on any atom is -0.507 e. The highest BCUT2D eigenvalue weighted by Gasteiger charge is 2.31. The Labute approximate surface area is 176 Å². The Bertz CT molecular complexity index is 1110. The lowest BCUT2D eigenvalue weighted by Crippen LogP contribution is -2.32. The van der Waals surface area contributed by atoms with Gasteiger partial charge in [-0.3, -0.25) is 4.79 Å². The van der Waals surface area contributed by atoms with Gasteiger partial charge in [0.1, 0.15) is 11.6 Å². The zero-order valence-electron chi connectivity index (χ0n) is 17.1. The second kappa shape index (κ2) is 7.59. The highest BCUT2D eigenvalue weighted by Crippen LogP contribution is 2.34. The van der Waals surface area contributed by atoms with Gasteiger partial charge in [-0.15, -0.1) is 0 Å². The van der Waals surface area contributed by atoms with Gasteiger partial charge in [0.2, 0.25) is 5.91 Å². The number of aryl methyl sites for hydroxylation is 1. The number of nitrogens with zero attached hydrogens (tertiary/aromatic N) is 3. The Balaban J connectivity index is 1.45. The van der Waals surface area contributed by atoms with Crippen molar-refractivity contribution in [2.24, 2.45) is 11.8 Å². The lowest BCUT2D eigenvalue weighted by atomic mass is 10.1. The van der Waals surface area contributed by atoms with Crippen molar-refractivity contribution in [3.63, 3.8) is 0 Å².